The highest BCUT2D eigenvalue weighted by Gasteiger charge is 2.31. The van der Waals surface area contributed by atoms with Crippen molar-refractivity contribution in [3.05, 3.63) is 24.3 Å². The molecule has 0 aliphatic heterocycles. The van der Waals surface area contributed by atoms with Crippen LogP contribution in [0.3, 0.4) is 0 Å². The van der Waals surface area contributed by atoms with Crippen LogP contribution in [0.1, 0.15) is 33.1 Å². The Morgan fingerprint density at radius 3 is 2.52 bits per heavy atom. The number of halogens is 2. The molecule has 118 valence electrons. The van der Waals surface area contributed by atoms with Crippen LogP contribution in [0.2, 0.25) is 0 Å². The monoisotopic (exact) mass is 317 g/mol. The predicted octanol–water partition coefficient (Wildman–Crippen LogP) is 3.92. The summed E-state index contributed by atoms with van der Waals surface area (Å²) in [5.41, 5.74) is 0.281. The van der Waals surface area contributed by atoms with E-state index in [2.05, 4.69) is 19.2 Å². The Balaban J connectivity index is 2.29. The summed E-state index contributed by atoms with van der Waals surface area (Å²) >= 11 is 0. The maximum Gasteiger partial charge on any atom is 0.341 e. The second-order valence-corrected chi connectivity index (χ2v) is 7.83. The van der Waals surface area contributed by atoms with E-state index in [1.165, 1.54) is 12.1 Å². The molecular weight excluding hydrogens is 296 g/mol. The van der Waals surface area contributed by atoms with Gasteiger partial charge < -0.3 is 5.32 Å². The lowest BCUT2D eigenvalue weighted by molar-refractivity contribution is 0.234. The van der Waals surface area contributed by atoms with Crippen molar-refractivity contribution in [3.8, 4) is 0 Å². The summed E-state index contributed by atoms with van der Waals surface area (Å²) in [5, 5.41) is 3.18. The van der Waals surface area contributed by atoms with E-state index >= 15 is 0 Å². The van der Waals surface area contributed by atoms with Crippen molar-refractivity contribution in [2.45, 2.75) is 49.8 Å². The Kier molecular flexibility index (Phi) is 4.86. The van der Waals surface area contributed by atoms with Crippen LogP contribution >= 0.6 is 0 Å². The third kappa shape index (κ3) is 3.54. The fourth-order valence-corrected chi connectivity index (χ4v) is 3.76. The molecule has 3 unspecified atom stereocenters. The minimum Gasteiger partial charge on any atom is -0.381 e. The molecule has 0 aromatic heterocycles. The average molecular weight is 317 g/mol. The van der Waals surface area contributed by atoms with E-state index in [-0.39, 0.29) is 16.6 Å². The molecule has 1 N–H and O–H groups in total. The molecule has 0 bridgehead atoms. The Morgan fingerprint density at radius 2 is 1.86 bits per heavy atom. The van der Waals surface area contributed by atoms with Gasteiger partial charge in [0.25, 0.3) is 0 Å². The molecule has 21 heavy (non-hydrogen) atoms. The summed E-state index contributed by atoms with van der Waals surface area (Å²) in [5.74, 6) is -2.45. The lowest BCUT2D eigenvalue weighted by Crippen LogP contribution is -2.34. The summed E-state index contributed by atoms with van der Waals surface area (Å²) in [4.78, 5) is -0.314. The molecule has 1 saturated carbocycles. The summed E-state index contributed by atoms with van der Waals surface area (Å²) in [6.45, 7) is 4.26. The first kappa shape index (κ1) is 16.2. The molecule has 6 heteroatoms. The molecule has 0 spiro atoms. The first-order valence-electron chi connectivity index (χ1n) is 7.20. The molecule has 0 amide bonds. The molecule has 1 aromatic carbocycles. The highest BCUT2D eigenvalue weighted by molar-refractivity contribution is 7.91. The minimum absolute atomic E-state index is 0.114. The number of nitrogens with one attached hydrogen (secondary N) is 1. The van der Waals surface area contributed by atoms with Gasteiger partial charge in [0.05, 0.1) is 10.6 Å². The Morgan fingerprint density at radius 1 is 1.19 bits per heavy atom. The van der Waals surface area contributed by atoms with E-state index in [4.69, 9.17) is 0 Å². The van der Waals surface area contributed by atoms with Gasteiger partial charge in [-0.15, -0.1) is 0 Å². The van der Waals surface area contributed by atoms with Crippen molar-refractivity contribution in [1.82, 2.24) is 0 Å². The summed E-state index contributed by atoms with van der Waals surface area (Å²) in [6, 6.07) is 6.03. The number of para-hydroxylation sites is 1. The Bertz CT molecular complexity index is 589. The Hall–Kier alpha value is -1.17. The average Bonchev–Trinajstić information content (AvgIpc) is 2.43. The van der Waals surface area contributed by atoms with Gasteiger partial charge in [-0.2, -0.15) is 8.78 Å². The van der Waals surface area contributed by atoms with Crippen LogP contribution in [-0.2, 0) is 9.84 Å². The predicted molar refractivity (Wildman–Crippen MR) is 79.2 cm³/mol. The number of hydrogen-bond donors (Lipinski definition) is 1. The number of hydrogen-bond acceptors (Lipinski definition) is 3. The highest BCUT2D eigenvalue weighted by Crippen LogP contribution is 2.33. The number of anilines is 1. The van der Waals surface area contributed by atoms with Crippen LogP contribution in [0.15, 0.2) is 29.2 Å². The van der Waals surface area contributed by atoms with E-state index in [1.807, 2.05) is 0 Å². The molecule has 0 radical (unpaired) electrons. The van der Waals surface area contributed by atoms with Crippen LogP contribution in [0.4, 0.5) is 14.5 Å². The van der Waals surface area contributed by atoms with Crippen LogP contribution in [-0.4, -0.2) is 20.2 Å². The van der Waals surface area contributed by atoms with E-state index < -0.39 is 15.6 Å². The number of sulfone groups is 1. The molecule has 1 aliphatic carbocycles. The maximum atomic E-state index is 12.8. The smallest absolute Gasteiger partial charge is 0.341 e. The minimum atomic E-state index is -4.59. The molecular formula is C15H21F2NO2S. The zero-order valence-corrected chi connectivity index (χ0v) is 13.0. The third-order valence-electron chi connectivity index (χ3n) is 4.23. The second-order valence-electron chi connectivity index (χ2n) is 5.95. The molecule has 0 heterocycles. The molecule has 1 aliphatic rings. The standard InChI is InChI=1S/C15H21F2NO2S/c1-10-7-8-11(2)13(9-10)18-12-5-3-4-6-14(12)21(19,20)15(16)17/h3-6,10-11,13,15,18H,7-9H2,1-2H3. The summed E-state index contributed by atoms with van der Waals surface area (Å²) in [6.07, 6.45) is 3.13. The van der Waals surface area contributed by atoms with Gasteiger partial charge in [-0.05, 0) is 36.8 Å². The van der Waals surface area contributed by atoms with Gasteiger partial charge in [0.2, 0.25) is 9.84 Å². The third-order valence-corrected chi connectivity index (χ3v) is 5.67. The lowest BCUT2D eigenvalue weighted by atomic mass is 9.80. The van der Waals surface area contributed by atoms with Gasteiger partial charge in [-0.25, -0.2) is 8.42 Å². The lowest BCUT2D eigenvalue weighted by Gasteiger charge is -2.34. The van der Waals surface area contributed by atoms with Gasteiger partial charge in [-0.3, -0.25) is 0 Å². The SMILES string of the molecule is CC1CCC(C)C(Nc2ccccc2S(=O)(=O)C(F)F)C1. The summed E-state index contributed by atoms with van der Waals surface area (Å²) < 4.78 is 49.1. The van der Waals surface area contributed by atoms with Crippen molar-refractivity contribution in [3.63, 3.8) is 0 Å². The molecule has 3 nitrogen and oxygen atoms in total. The molecule has 3 atom stereocenters. The second kappa shape index (κ2) is 6.30. The number of rotatable bonds is 4. The van der Waals surface area contributed by atoms with Gasteiger partial charge in [-0.1, -0.05) is 32.4 Å². The first-order chi connectivity index (χ1) is 9.82. The molecule has 1 aromatic rings. The zero-order chi connectivity index (χ0) is 15.6. The Labute approximate surface area is 124 Å². The quantitative estimate of drug-likeness (QED) is 0.915. The maximum absolute atomic E-state index is 12.8. The van der Waals surface area contributed by atoms with Gasteiger partial charge in [0.1, 0.15) is 0 Å². The number of benzene rings is 1. The van der Waals surface area contributed by atoms with Gasteiger partial charge >= 0.3 is 5.76 Å². The molecule has 1 fully saturated rings. The molecule has 0 saturated heterocycles. The fourth-order valence-electron chi connectivity index (χ4n) is 2.86. The van der Waals surface area contributed by atoms with Gasteiger partial charge in [0, 0.05) is 6.04 Å². The van der Waals surface area contributed by atoms with E-state index in [0.717, 1.165) is 19.3 Å². The topological polar surface area (TPSA) is 46.2 Å². The zero-order valence-electron chi connectivity index (χ0n) is 12.2. The van der Waals surface area contributed by atoms with Crippen LogP contribution in [0.25, 0.3) is 0 Å². The van der Waals surface area contributed by atoms with E-state index in [0.29, 0.717) is 11.8 Å². The highest BCUT2D eigenvalue weighted by atomic mass is 32.2. The number of alkyl halides is 2. The van der Waals surface area contributed by atoms with Crippen molar-refractivity contribution in [1.29, 1.82) is 0 Å². The first-order valence-corrected chi connectivity index (χ1v) is 8.74. The van der Waals surface area contributed by atoms with Crippen LogP contribution in [0.5, 0.6) is 0 Å². The van der Waals surface area contributed by atoms with Crippen molar-refractivity contribution >= 4 is 15.5 Å². The van der Waals surface area contributed by atoms with E-state index in [1.54, 1.807) is 12.1 Å². The molecule has 2 rings (SSSR count). The largest absolute Gasteiger partial charge is 0.381 e. The van der Waals surface area contributed by atoms with Crippen molar-refractivity contribution < 1.29 is 17.2 Å². The van der Waals surface area contributed by atoms with Crippen molar-refractivity contribution in [2.75, 3.05) is 5.32 Å². The fraction of sp³-hybridized carbons (Fsp3) is 0.600. The van der Waals surface area contributed by atoms with Crippen LogP contribution < -0.4 is 5.32 Å². The van der Waals surface area contributed by atoms with Gasteiger partial charge in [0.15, 0.2) is 0 Å². The van der Waals surface area contributed by atoms with Crippen LogP contribution in [0, 0.1) is 11.8 Å². The normalized spacial score (nSPS) is 26.8. The van der Waals surface area contributed by atoms with E-state index in [9.17, 15) is 17.2 Å². The summed E-state index contributed by atoms with van der Waals surface area (Å²) in [7, 11) is -4.59. The van der Waals surface area contributed by atoms with Crippen molar-refractivity contribution in [2.24, 2.45) is 11.8 Å².